The second-order valence-corrected chi connectivity index (χ2v) is 8.39. The van der Waals surface area contributed by atoms with Crippen LogP contribution in [0.3, 0.4) is 0 Å². The minimum atomic E-state index is -0.740. The molecule has 1 aromatic carbocycles. The third-order valence-corrected chi connectivity index (χ3v) is 6.32. The van der Waals surface area contributed by atoms with E-state index in [9.17, 15) is 8.60 Å². The van der Waals surface area contributed by atoms with Gasteiger partial charge in [-0.15, -0.1) is 0 Å². The van der Waals surface area contributed by atoms with E-state index in [1.54, 1.807) is 19.2 Å². The van der Waals surface area contributed by atoms with Gasteiger partial charge < -0.3 is 10.6 Å². The molecule has 134 valence electrons. The quantitative estimate of drug-likeness (QED) is 0.615. The second kappa shape index (κ2) is 9.37. The zero-order valence-electron chi connectivity index (χ0n) is 14.1. The molecule has 1 aliphatic carbocycles. The summed E-state index contributed by atoms with van der Waals surface area (Å²) in [7, 11) is 0.980. The molecule has 4 nitrogen and oxygen atoms in total. The Morgan fingerprint density at radius 2 is 2.25 bits per heavy atom. The van der Waals surface area contributed by atoms with Gasteiger partial charge in [0.25, 0.3) is 0 Å². The van der Waals surface area contributed by atoms with Gasteiger partial charge in [-0.3, -0.25) is 9.20 Å². The molecule has 0 spiro atoms. The van der Waals surface area contributed by atoms with Gasteiger partial charge in [-0.1, -0.05) is 31.0 Å². The Morgan fingerprint density at radius 3 is 2.92 bits per heavy atom. The minimum Gasteiger partial charge on any atom is -0.354 e. The first kappa shape index (κ1) is 19.2. The summed E-state index contributed by atoms with van der Waals surface area (Å²) in [4.78, 5) is 4.24. The van der Waals surface area contributed by atoms with Gasteiger partial charge in [0.1, 0.15) is 5.82 Å². The summed E-state index contributed by atoms with van der Waals surface area (Å²) >= 11 is 5.80. The Balaban J connectivity index is 1.87. The van der Waals surface area contributed by atoms with Gasteiger partial charge in [0, 0.05) is 41.4 Å². The van der Waals surface area contributed by atoms with Crippen molar-refractivity contribution in [2.24, 2.45) is 4.99 Å². The molecule has 2 rings (SSSR count). The zero-order valence-corrected chi connectivity index (χ0v) is 15.7. The van der Waals surface area contributed by atoms with Gasteiger partial charge >= 0.3 is 0 Å². The van der Waals surface area contributed by atoms with E-state index in [0.29, 0.717) is 12.5 Å². The van der Waals surface area contributed by atoms with Crippen molar-refractivity contribution in [1.82, 2.24) is 10.6 Å². The lowest BCUT2D eigenvalue weighted by molar-refractivity contribution is 0.413. The van der Waals surface area contributed by atoms with Crippen LogP contribution in [-0.4, -0.2) is 34.3 Å². The van der Waals surface area contributed by atoms with Gasteiger partial charge in [-0.05, 0) is 37.0 Å². The molecule has 24 heavy (non-hydrogen) atoms. The molecule has 0 amide bonds. The Morgan fingerprint density at radius 1 is 1.46 bits per heavy atom. The smallest absolute Gasteiger partial charge is 0.191 e. The Kier molecular flexibility index (Phi) is 7.49. The first-order valence-electron chi connectivity index (χ1n) is 8.31. The molecule has 0 aromatic heterocycles. The van der Waals surface area contributed by atoms with Crippen LogP contribution in [0.25, 0.3) is 0 Å². The molecule has 1 aromatic rings. The fraction of sp³-hybridized carbons (Fsp3) is 0.588. The largest absolute Gasteiger partial charge is 0.354 e. The van der Waals surface area contributed by atoms with Crippen LogP contribution in [0.5, 0.6) is 0 Å². The van der Waals surface area contributed by atoms with E-state index < -0.39 is 16.6 Å². The van der Waals surface area contributed by atoms with Crippen LogP contribution in [0, 0.1) is 5.82 Å². The monoisotopic (exact) mass is 373 g/mol. The lowest BCUT2D eigenvalue weighted by Crippen LogP contribution is -2.46. The van der Waals surface area contributed by atoms with Crippen LogP contribution in [-0.2, 0) is 17.3 Å². The number of rotatable bonds is 5. The number of nitrogens with one attached hydrogen (secondary N) is 2. The number of nitrogens with zero attached hydrogens (tertiary/aromatic N) is 1. The summed E-state index contributed by atoms with van der Waals surface area (Å²) in [6.07, 6.45) is 4.08. The molecule has 1 saturated carbocycles. The van der Waals surface area contributed by atoms with Crippen molar-refractivity contribution in [1.29, 1.82) is 0 Å². The number of hydrogen-bond donors (Lipinski definition) is 2. The third-order valence-electron chi connectivity index (χ3n) is 4.29. The molecule has 7 heteroatoms. The number of aliphatic imine (C=N–C) groups is 1. The summed E-state index contributed by atoms with van der Waals surface area (Å²) in [5.41, 5.74) is 0.887. The zero-order chi connectivity index (χ0) is 17.5. The Hall–Kier alpha value is -1.14. The molecule has 3 atom stereocenters. The van der Waals surface area contributed by atoms with Gasteiger partial charge in [0.05, 0.1) is 5.02 Å². The van der Waals surface area contributed by atoms with Crippen LogP contribution >= 0.6 is 11.6 Å². The van der Waals surface area contributed by atoms with Crippen LogP contribution in [0.1, 0.15) is 38.2 Å². The van der Waals surface area contributed by atoms with Crippen molar-refractivity contribution in [3.8, 4) is 0 Å². The van der Waals surface area contributed by atoms with Crippen LogP contribution < -0.4 is 10.6 Å². The maximum absolute atomic E-state index is 13.2. The van der Waals surface area contributed by atoms with Crippen LogP contribution in [0.15, 0.2) is 23.2 Å². The molecule has 0 aliphatic heterocycles. The van der Waals surface area contributed by atoms with E-state index in [0.717, 1.165) is 37.0 Å². The molecule has 1 fully saturated rings. The van der Waals surface area contributed by atoms with Crippen molar-refractivity contribution in [2.45, 2.75) is 50.4 Å². The maximum Gasteiger partial charge on any atom is 0.191 e. The number of halogens is 2. The van der Waals surface area contributed by atoms with Crippen molar-refractivity contribution >= 4 is 28.4 Å². The summed E-state index contributed by atoms with van der Waals surface area (Å²) in [6.45, 7) is 2.48. The third kappa shape index (κ3) is 5.45. The summed E-state index contributed by atoms with van der Waals surface area (Å²) < 4.78 is 25.2. The first-order chi connectivity index (χ1) is 11.5. The number of benzene rings is 1. The van der Waals surface area contributed by atoms with Crippen molar-refractivity contribution in [3.63, 3.8) is 0 Å². The van der Waals surface area contributed by atoms with Gasteiger partial charge in [-0.25, -0.2) is 4.39 Å². The van der Waals surface area contributed by atoms with Crippen LogP contribution in [0.2, 0.25) is 5.02 Å². The van der Waals surface area contributed by atoms with E-state index in [-0.39, 0.29) is 16.3 Å². The molecule has 3 unspecified atom stereocenters. The number of hydrogen-bond acceptors (Lipinski definition) is 2. The lowest BCUT2D eigenvalue weighted by Gasteiger charge is -2.30. The molecular formula is C17H25ClFN3OS. The fourth-order valence-corrected chi connectivity index (χ4v) is 4.52. The van der Waals surface area contributed by atoms with Crippen LogP contribution in [0.4, 0.5) is 4.39 Å². The Labute approximate surface area is 150 Å². The molecule has 0 saturated heterocycles. The van der Waals surface area contributed by atoms with Gasteiger partial charge in [0.15, 0.2) is 5.96 Å². The summed E-state index contributed by atoms with van der Waals surface area (Å²) in [5, 5.41) is 7.02. The fourth-order valence-electron chi connectivity index (χ4n) is 2.97. The molecule has 0 heterocycles. The van der Waals surface area contributed by atoms with Gasteiger partial charge in [-0.2, -0.15) is 0 Å². The molecular weight excluding hydrogens is 349 g/mol. The minimum absolute atomic E-state index is 0.120. The van der Waals surface area contributed by atoms with Crippen molar-refractivity contribution in [2.75, 3.05) is 12.8 Å². The van der Waals surface area contributed by atoms with E-state index in [1.165, 1.54) is 6.07 Å². The van der Waals surface area contributed by atoms with E-state index in [4.69, 9.17) is 11.6 Å². The first-order valence-corrected chi connectivity index (χ1v) is 10.1. The predicted octanol–water partition coefficient (Wildman–Crippen LogP) is 3.22. The molecule has 2 N–H and O–H groups in total. The lowest BCUT2D eigenvalue weighted by atomic mass is 9.95. The topological polar surface area (TPSA) is 53.5 Å². The maximum atomic E-state index is 13.2. The van der Waals surface area contributed by atoms with Crippen molar-refractivity contribution < 1.29 is 8.60 Å². The average molecular weight is 374 g/mol. The highest BCUT2D eigenvalue weighted by Gasteiger charge is 2.25. The van der Waals surface area contributed by atoms with E-state index in [2.05, 4.69) is 15.6 Å². The SMILES string of the molecule is CCS(=O)C1CCCC(NC(=NC)NCc2ccc(F)c(Cl)c2)C1. The highest BCUT2D eigenvalue weighted by atomic mass is 35.5. The second-order valence-electron chi connectivity index (χ2n) is 5.97. The summed E-state index contributed by atoms with van der Waals surface area (Å²) in [6, 6.07) is 4.95. The van der Waals surface area contributed by atoms with Crippen molar-refractivity contribution in [3.05, 3.63) is 34.6 Å². The van der Waals surface area contributed by atoms with Gasteiger partial charge in [0.2, 0.25) is 0 Å². The normalized spacial score (nSPS) is 22.9. The predicted molar refractivity (Wildman–Crippen MR) is 99.5 cm³/mol. The molecule has 0 bridgehead atoms. The molecule has 1 aliphatic rings. The average Bonchev–Trinajstić information content (AvgIpc) is 2.61. The highest BCUT2D eigenvalue weighted by molar-refractivity contribution is 7.85. The van der Waals surface area contributed by atoms with E-state index in [1.807, 2.05) is 6.92 Å². The number of guanidine groups is 1. The Bertz CT molecular complexity index is 611. The summed E-state index contributed by atoms with van der Waals surface area (Å²) in [5.74, 6) is 0.999. The standard InChI is InChI=1S/C17H25ClFN3OS/c1-3-24(23)14-6-4-5-13(10-14)22-17(20-2)21-11-12-7-8-16(19)15(18)9-12/h7-9,13-14H,3-6,10-11H2,1-2H3,(H2,20,21,22). The molecule has 0 radical (unpaired) electrons. The highest BCUT2D eigenvalue weighted by Crippen LogP contribution is 2.23. The van der Waals surface area contributed by atoms with E-state index >= 15 is 0 Å².